The van der Waals surface area contributed by atoms with Crippen molar-refractivity contribution in [3.05, 3.63) is 97.3 Å². The number of halogens is 4. The fourth-order valence-corrected chi connectivity index (χ4v) is 5.09. The Balaban J connectivity index is 1.56. The lowest BCUT2D eigenvalue weighted by atomic mass is 10.1. The molecule has 0 unspecified atom stereocenters. The first-order chi connectivity index (χ1) is 17.3. The lowest BCUT2D eigenvalue weighted by molar-refractivity contribution is -0.123. The second kappa shape index (κ2) is 11.5. The molecule has 0 atom stereocenters. The minimum atomic E-state index is -0.505. The van der Waals surface area contributed by atoms with Crippen LogP contribution in [-0.2, 0) is 17.9 Å². The van der Waals surface area contributed by atoms with Crippen molar-refractivity contribution >= 4 is 56.5 Å². The SMILES string of the molecule is CCOc1cc(/C=C2\SC(=O)N(Cc3ccc(F)cc3Cl)C2=O)cc(Br)c1OCc1ccccc1F. The van der Waals surface area contributed by atoms with E-state index in [0.717, 1.165) is 22.7 Å². The number of ether oxygens (including phenoxy) is 2. The maximum Gasteiger partial charge on any atom is 0.293 e. The number of hydrogen-bond donors (Lipinski definition) is 0. The molecule has 3 aromatic rings. The minimum absolute atomic E-state index is 0.00444. The fraction of sp³-hybridized carbons (Fsp3) is 0.154. The Hall–Kier alpha value is -2.88. The monoisotopic (exact) mass is 593 g/mol. The van der Waals surface area contributed by atoms with Gasteiger partial charge in [0.05, 0.1) is 22.5 Å². The largest absolute Gasteiger partial charge is 0.490 e. The molecule has 0 N–H and O–H groups in total. The third kappa shape index (κ3) is 5.91. The first kappa shape index (κ1) is 26.2. The van der Waals surface area contributed by atoms with E-state index in [1.807, 2.05) is 6.92 Å². The number of carbonyl (C=O) groups excluding carboxylic acids is 2. The smallest absolute Gasteiger partial charge is 0.293 e. The van der Waals surface area contributed by atoms with Crippen molar-refractivity contribution in [1.82, 2.24) is 4.90 Å². The topological polar surface area (TPSA) is 55.8 Å². The molecular weight excluding hydrogens is 576 g/mol. The van der Waals surface area contributed by atoms with Crippen LogP contribution >= 0.6 is 39.3 Å². The molecule has 1 saturated heterocycles. The van der Waals surface area contributed by atoms with E-state index in [2.05, 4.69) is 15.9 Å². The van der Waals surface area contributed by atoms with Crippen LogP contribution < -0.4 is 9.47 Å². The Morgan fingerprint density at radius 2 is 1.83 bits per heavy atom. The highest BCUT2D eigenvalue weighted by molar-refractivity contribution is 9.10. The molecule has 0 aliphatic carbocycles. The molecule has 5 nitrogen and oxygen atoms in total. The van der Waals surface area contributed by atoms with Crippen molar-refractivity contribution < 1.29 is 27.8 Å². The van der Waals surface area contributed by atoms with E-state index in [9.17, 15) is 18.4 Å². The fourth-order valence-electron chi connectivity index (χ4n) is 3.45. The van der Waals surface area contributed by atoms with Gasteiger partial charge in [0, 0.05) is 10.6 Å². The summed E-state index contributed by atoms with van der Waals surface area (Å²) in [6.45, 7) is 2.08. The summed E-state index contributed by atoms with van der Waals surface area (Å²) in [7, 11) is 0. The summed E-state index contributed by atoms with van der Waals surface area (Å²) in [4.78, 5) is 26.8. The molecule has 1 heterocycles. The van der Waals surface area contributed by atoms with Crippen molar-refractivity contribution in [2.75, 3.05) is 6.61 Å². The van der Waals surface area contributed by atoms with Gasteiger partial charge in [-0.3, -0.25) is 14.5 Å². The summed E-state index contributed by atoms with van der Waals surface area (Å²) in [6, 6.07) is 13.5. The third-order valence-electron chi connectivity index (χ3n) is 5.18. The molecule has 4 rings (SSSR count). The maximum absolute atomic E-state index is 14.0. The van der Waals surface area contributed by atoms with E-state index in [1.165, 1.54) is 18.2 Å². The number of thioether (sulfide) groups is 1. The molecule has 10 heteroatoms. The molecule has 186 valence electrons. The van der Waals surface area contributed by atoms with Gasteiger partial charge in [0.2, 0.25) is 0 Å². The lowest BCUT2D eigenvalue weighted by Crippen LogP contribution is -2.27. The van der Waals surface area contributed by atoms with Crippen LogP contribution in [0.15, 0.2) is 64.0 Å². The number of carbonyl (C=O) groups is 2. The quantitative estimate of drug-likeness (QED) is 0.252. The van der Waals surface area contributed by atoms with Crippen LogP contribution in [0.4, 0.5) is 13.6 Å². The van der Waals surface area contributed by atoms with Gasteiger partial charge in [-0.1, -0.05) is 35.9 Å². The molecule has 1 aliphatic rings. The second-order valence-corrected chi connectivity index (χ2v) is 9.90. The predicted molar refractivity (Wildman–Crippen MR) is 139 cm³/mol. The minimum Gasteiger partial charge on any atom is -0.490 e. The van der Waals surface area contributed by atoms with Crippen LogP contribution in [0.5, 0.6) is 11.5 Å². The molecule has 36 heavy (non-hydrogen) atoms. The Kier molecular flexibility index (Phi) is 8.33. The summed E-state index contributed by atoms with van der Waals surface area (Å²) >= 11 is 10.3. The zero-order valence-electron chi connectivity index (χ0n) is 18.9. The highest BCUT2D eigenvalue weighted by Crippen LogP contribution is 2.40. The molecule has 0 radical (unpaired) electrons. The molecule has 0 saturated carbocycles. The molecule has 2 amide bonds. The van der Waals surface area contributed by atoms with Crippen LogP contribution in [0, 0.1) is 11.6 Å². The summed E-state index contributed by atoms with van der Waals surface area (Å²) in [5, 5.41) is -0.324. The van der Waals surface area contributed by atoms with E-state index in [4.69, 9.17) is 21.1 Å². The van der Waals surface area contributed by atoms with E-state index < -0.39 is 17.0 Å². The van der Waals surface area contributed by atoms with Gasteiger partial charge in [-0.25, -0.2) is 8.78 Å². The van der Waals surface area contributed by atoms with Crippen molar-refractivity contribution in [3.63, 3.8) is 0 Å². The molecule has 0 bridgehead atoms. The number of amides is 2. The Bertz CT molecular complexity index is 1370. The summed E-state index contributed by atoms with van der Waals surface area (Å²) in [6.07, 6.45) is 1.57. The van der Waals surface area contributed by atoms with Gasteiger partial charge in [0.1, 0.15) is 18.2 Å². The van der Waals surface area contributed by atoms with Crippen molar-refractivity contribution in [3.8, 4) is 11.5 Å². The Labute approximate surface area is 224 Å². The zero-order chi connectivity index (χ0) is 25.8. The van der Waals surface area contributed by atoms with E-state index in [1.54, 1.807) is 36.4 Å². The lowest BCUT2D eigenvalue weighted by Gasteiger charge is -2.15. The number of imide groups is 1. The van der Waals surface area contributed by atoms with Crippen molar-refractivity contribution in [1.29, 1.82) is 0 Å². The van der Waals surface area contributed by atoms with Crippen LogP contribution in [0.25, 0.3) is 6.08 Å². The molecular formula is C26H19BrClF2NO4S. The van der Waals surface area contributed by atoms with Crippen LogP contribution in [0.3, 0.4) is 0 Å². The van der Waals surface area contributed by atoms with Crippen molar-refractivity contribution in [2.45, 2.75) is 20.1 Å². The molecule has 1 fully saturated rings. The predicted octanol–water partition coefficient (Wildman–Crippen LogP) is 7.59. The number of benzene rings is 3. The van der Waals surface area contributed by atoms with Gasteiger partial charge >= 0.3 is 0 Å². The first-order valence-electron chi connectivity index (χ1n) is 10.8. The first-order valence-corrected chi connectivity index (χ1v) is 12.8. The third-order valence-corrected chi connectivity index (χ3v) is 7.02. The maximum atomic E-state index is 14.0. The normalized spacial score (nSPS) is 14.6. The van der Waals surface area contributed by atoms with Gasteiger partial charge in [-0.05, 0) is 82.2 Å². The van der Waals surface area contributed by atoms with E-state index in [-0.39, 0.29) is 28.9 Å². The number of hydrogen-bond acceptors (Lipinski definition) is 5. The standard InChI is InChI=1S/C26H19BrClF2NO4S/c1-2-34-22-10-15(9-19(27)24(22)35-14-17-5-3-4-6-21(17)30)11-23-25(32)31(26(33)36-23)13-16-7-8-18(29)12-20(16)28/h3-12H,2,13-14H2,1H3/b23-11-. The number of nitrogens with zero attached hydrogens (tertiary/aromatic N) is 1. The van der Waals surface area contributed by atoms with Crippen LogP contribution in [0.2, 0.25) is 5.02 Å². The molecule has 0 aromatic heterocycles. The molecule has 1 aliphatic heterocycles. The van der Waals surface area contributed by atoms with Gasteiger partial charge in [-0.15, -0.1) is 0 Å². The highest BCUT2D eigenvalue weighted by atomic mass is 79.9. The molecule has 3 aromatic carbocycles. The van der Waals surface area contributed by atoms with E-state index >= 15 is 0 Å². The van der Waals surface area contributed by atoms with Crippen LogP contribution in [0.1, 0.15) is 23.6 Å². The average molecular weight is 595 g/mol. The second-order valence-electron chi connectivity index (χ2n) is 7.65. The summed E-state index contributed by atoms with van der Waals surface area (Å²) < 4.78 is 39.4. The number of rotatable bonds is 8. The van der Waals surface area contributed by atoms with Gasteiger partial charge in [0.15, 0.2) is 11.5 Å². The van der Waals surface area contributed by atoms with Gasteiger partial charge in [-0.2, -0.15) is 0 Å². The summed E-state index contributed by atoms with van der Waals surface area (Å²) in [5.74, 6) is -0.585. The molecule has 0 spiro atoms. The zero-order valence-corrected chi connectivity index (χ0v) is 22.1. The van der Waals surface area contributed by atoms with Gasteiger partial charge < -0.3 is 9.47 Å². The average Bonchev–Trinajstić information content (AvgIpc) is 3.08. The summed E-state index contributed by atoms with van der Waals surface area (Å²) in [5.41, 5.74) is 1.44. The van der Waals surface area contributed by atoms with Gasteiger partial charge in [0.25, 0.3) is 11.1 Å². The highest BCUT2D eigenvalue weighted by Gasteiger charge is 2.35. The van der Waals surface area contributed by atoms with E-state index in [0.29, 0.717) is 39.3 Å². The van der Waals surface area contributed by atoms with Crippen molar-refractivity contribution in [2.24, 2.45) is 0 Å². The Morgan fingerprint density at radius 1 is 1.06 bits per heavy atom. The Morgan fingerprint density at radius 3 is 2.56 bits per heavy atom. The van der Waals surface area contributed by atoms with Crippen LogP contribution in [-0.4, -0.2) is 22.7 Å².